The summed E-state index contributed by atoms with van der Waals surface area (Å²) < 4.78 is 5.52. The minimum atomic E-state index is -0.273. The van der Waals surface area contributed by atoms with Crippen molar-refractivity contribution in [2.24, 2.45) is 0 Å². The number of nitrogens with zero attached hydrogens (tertiary/aromatic N) is 1. The van der Waals surface area contributed by atoms with E-state index in [9.17, 15) is 4.79 Å². The van der Waals surface area contributed by atoms with Gasteiger partial charge in [0.25, 0.3) is 0 Å². The highest BCUT2D eigenvalue weighted by atomic mass is 16.5. The van der Waals surface area contributed by atoms with E-state index in [-0.39, 0.29) is 30.9 Å². The number of amides is 2. The third kappa shape index (κ3) is 5.61. The van der Waals surface area contributed by atoms with Crippen molar-refractivity contribution in [1.29, 1.82) is 0 Å². The number of nitrogens with one attached hydrogen (secondary N) is 1. The molecule has 1 saturated heterocycles. The van der Waals surface area contributed by atoms with Crippen LogP contribution in [0.3, 0.4) is 0 Å². The number of carbonyl (C=O) groups is 1. The summed E-state index contributed by atoms with van der Waals surface area (Å²) in [5.41, 5.74) is 0. The summed E-state index contributed by atoms with van der Waals surface area (Å²) in [6.07, 6.45) is 4.54. The maximum atomic E-state index is 12.1. The molecule has 1 heterocycles. The Morgan fingerprint density at radius 1 is 1.63 bits per heavy atom. The molecule has 0 bridgehead atoms. The summed E-state index contributed by atoms with van der Waals surface area (Å²) >= 11 is 0. The first-order chi connectivity index (χ1) is 9.06. The average molecular weight is 270 g/mol. The van der Waals surface area contributed by atoms with Crippen LogP contribution in [0, 0.1) is 0 Å². The molecule has 0 saturated carbocycles. The predicted molar refractivity (Wildman–Crippen MR) is 75.0 cm³/mol. The minimum absolute atomic E-state index is 0.0345. The van der Waals surface area contributed by atoms with Crippen molar-refractivity contribution >= 4 is 6.03 Å². The van der Waals surface area contributed by atoms with Gasteiger partial charge in [-0.2, -0.15) is 0 Å². The summed E-state index contributed by atoms with van der Waals surface area (Å²) in [6, 6.07) is 0.0814. The first-order valence-corrected chi connectivity index (χ1v) is 6.99. The topological polar surface area (TPSA) is 61.8 Å². The Kier molecular flexibility index (Phi) is 6.87. The van der Waals surface area contributed by atoms with Crippen LogP contribution < -0.4 is 5.32 Å². The number of carbonyl (C=O) groups excluding carboxylic acids is 1. The van der Waals surface area contributed by atoms with Crippen molar-refractivity contribution in [3.8, 4) is 0 Å². The molecular formula is C14H26N2O3. The number of rotatable bonds is 6. The molecule has 0 aromatic carbocycles. The number of hydrogen-bond donors (Lipinski definition) is 2. The smallest absolute Gasteiger partial charge is 0.317 e. The Bertz CT molecular complexity index is 296. The van der Waals surface area contributed by atoms with Gasteiger partial charge < -0.3 is 20.1 Å². The van der Waals surface area contributed by atoms with Crippen LogP contribution >= 0.6 is 0 Å². The second-order valence-electron chi connectivity index (χ2n) is 5.23. The molecule has 19 heavy (non-hydrogen) atoms. The van der Waals surface area contributed by atoms with E-state index in [1.807, 2.05) is 19.9 Å². The first-order valence-electron chi connectivity index (χ1n) is 6.99. The summed E-state index contributed by atoms with van der Waals surface area (Å²) in [4.78, 5) is 13.8. The molecule has 2 N–H and O–H groups in total. The van der Waals surface area contributed by atoms with Crippen LogP contribution in [0.5, 0.6) is 0 Å². The van der Waals surface area contributed by atoms with E-state index in [0.717, 1.165) is 19.3 Å². The highest BCUT2D eigenvalue weighted by Gasteiger charge is 2.28. The van der Waals surface area contributed by atoms with Crippen LogP contribution in [-0.4, -0.2) is 54.0 Å². The van der Waals surface area contributed by atoms with Gasteiger partial charge in [-0.05, 0) is 33.1 Å². The van der Waals surface area contributed by atoms with Gasteiger partial charge in [-0.3, -0.25) is 0 Å². The number of urea groups is 1. The monoisotopic (exact) mass is 270 g/mol. The Morgan fingerprint density at radius 2 is 2.37 bits per heavy atom. The molecule has 0 radical (unpaired) electrons. The fourth-order valence-electron chi connectivity index (χ4n) is 2.25. The van der Waals surface area contributed by atoms with Crippen molar-refractivity contribution < 1.29 is 14.6 Å². The molecule has 2 amide bonds. The second-order valence-corrected chi connectivity index (χ2v) is 5.23. The zero-order valence-electron chi connectivity index (χ0n) is 12.0. The maximum Gasteiger partial charge on any atom is 0.317 e. The number of hydrogen-bond acceptors (Lipinski definition) is 3. The van der Waals surface area contributed by atoms with E-state index < -0.39 is 0 Å². The summed E-state index contributed by atoms with van der Waals surface area (Å²) in [5, 5.41) is 12.1. The van der Waals surface area contributed by atoms with Crippen LogP contribution in [0.4, 0.5) is 4.79 Å². The largest absolute Gasteiger partial charge is 0.394 e. The number of ether oxygens (including phenoxy) is 1. The lowest BCUT2D eigenvalue weighted by molar-refractivity contribution is -0.0835. The van der Waals surface area contributed by atoms with Crippen molar-refractivity contribution in [2.75, 3.05) is 19.7 Å². The van der Waals surface area contributed by atoms with Crippen LogP contribution in [0.1, 0.15) is 33.1 Å². The Morgan fingerprint density at radius 3 is 3.00 bits per heavy atom. The molecule has 1 aliphatic rings. The van der Waals surface area contributed by atoms with E-state index in [1.54, 1.807) is 4.90 Å². The molecule has 5 heteroatoms. The summed E-state index contributed by atoms with van der Waals surface area (Å²) in [6.45, 7) is 8.57. The highest BCUT2D eigenvalue weighted by molar-refractivity contribution is 5.74. The molecule has 0 spiro atoms. The Labute approximate surface area is 115 Å². The highest BCUT2D eigenvalue weighted by Crippen LogP contribution is 2.11. The molecule has 0 aromatic heterocycles. The lowest BCUT2D eigenvalue weighted by atomic mass is 10.1. The van der Waals surface area contributed by atoms with Crippen molar-refractivity contribution in [3.05, 3.63) is 12.7 Å². The van der Waals surface area contributed by atoms with Crippen LogP contribution in [-0.2, 0) is 4.74 Å². The van der Waals surface area contributed by atoms with Crippen molar-refractivity contribution in [1.82, 2.24) is 10.2 Å². The number of morpholine rings is 1. The normalized spacial score (nSPS) is 24.9. The van der Waals surface area contributed by atoms with Crippen LogP contribution in [0.25, 0.3) is 0 Å². The van der Waals surface area contributed by atoms with Gasteiger partial charge in [0.2, 0.25) is 0 Å². The SMILES string of the molecule is C=CCCCC(C)NC(=O)N1CC(C)OC(CO)C1. The number of aliphatic hydroxyl groups excluding tert-OH is 1. The molecule has 110 valence electrons. The zero-order valence-corrected chi connectivity index (χ0v) is 12.0. The molecule has 1 rings (SSSR count). The van der Waals surface area contributed by atoms with Gasteiger partial charge in [0, 0.05) is 12.6 Å². The van der Waals surface area contributed by atoms with Gasteiger partial charge in [0.15, 0.2) is 0 Å². The van der Waals surface area contributed by atoms with E-state index in [4.69, 9.17) is 9.84 Å². The number of allylic oxidation sites excluding steroid dienone is 1. The molecule has 0 aromatic rings. The molecule has 1 fully saturated rings. The predicted octanol–water partition coefficient (Wildman–Crippen LogP) is 1.52. The van der Waals surface area contributed by atoms with E-state index in [0.29, 0.717) is 13.1 Å². The molecule has 1 aliphatic heterocycles. The molecular weight excluding hydrogens is 244 g/mol. The minimum Gasteiger partial charge on any atom is -0.394 e. The lowest BCUT2D eigenvalue weighted by Gasteiger charge is -2.36. The lowest BCUT2D eigenvalue weighted by Crippen LogP contribution is -2.54. The van der Waals surface area contributed by atoms with Gasteiger partial charge in [-0.15, -0.1) is 6.58 Å². The fraction of sp³-hybridized carbons (Fsp3) is 0.786. The van der Waals surface area contributed by atoms with Gasteiger partial charge in [-0.1, -0.05) is 6.08 Å². The van der Waals surface area contributed by atoms with Crippen molar-refractivity contribution in [3.63, 3.8) is 0 Å². The second kappa shape index (κ2) is 8.17. The number of unbranched alkanes of at least 4 members (excludes halogenated alkanes) is 1. The Balaban J connectivity index is 2.37. The average Bonchev–Trinajstić information content (AvgIpc) is 2.38. The van der Waals surface area contributed by atoms with E-state index >= 15 is 0 Å². The summed E-state index contributed by atoms with van der Waals surface area (Å²) in [7, 11) is 0. The molecule has 5 nitrogen and oxygen atoms in total. The molecule has 0 aliphatic carbocycles. The van der Waals surface area contributed by atoms with Gasteiger partial charge >= 0.3 is 6.03 Å². The van der Waals surface area contributed by atoms with Crippen molar-refractivity contribution in [2.45, 2.75) is 51.4 Å². The van der Waals surface area contributed by atoms with Crippen LogP contribution in [0.2, 0.25) is 0 Å². The van der Waals surface area contributed by atoms with E-state index in [1.165, 1.54) is 0 Å². The molecule has 3 unspecified atom stereocenters. The maximum absolute atomic E-state index is 12.1. The molecule has 3 atom stereocenters. The number of aliphatic hydroxyl groups is 1. The Hall–Kier alpha value is -1.07. The zero-order chi connectivity index (χ0) is 14.3. The summed E-state index contributed by atoms with van der Waals surface area (Å²) in [5.74, 6) is 0. The quantitative estimate of drug-likeness (QED) is 0.568. The van der Waals surface area contributed by atoms with Gasteiger partial charge in [0.1, 0.15) is 0 Å². The van der Waals surface area contributed by atoms with Crippen LogP contribution in [0.15, 0.2) is 12.7 Å². The third-order valence-corrected chi connectivity index (χ3v) is 3.23. The van der Waals surface area contributed by atoms with Gasteiger partial charge in [-0.25, -0.2) is 4.79 Å². The first kappa shape index (κ1) is 16.0. The third-order valence-electron chi connectivity index (χ3n) is 3.23. The fourth-order valence-corrected chi connectivity index (χ4v) is 2.25. The van der Waals surface area contributed by atoms with E-state index in [2.05, 4.69) is 11.9 Å². The standard InChI is InChI=1S/C14H26N2O3/c1-4-5-6-7-11(2)15-14(18)16-8-12(3)19-13(9-16)10-17/h4,11-13,17H,1,5-10H2,2-3H3,(H,15,18). The van der Waals surface area contributed by atoms with Gasteiger partial charge in [0.05, 0.1) is 25.4 Å².